The van der Waals surface area contributed by atoms with E-state index in [1.54, 1.807) is 0 Å². The summed E-state index contributed by atoms with van der Waals surface area (Å²) in [6.07, 6.45) is 110. The van der Waals surface area contributed by atoms with E-state index >= 15 is 0 Å². The second-order valence-electron chi connectivity index (χ2n) is 20.0. The van der Waals surface area contributed by atoms with Crippen LogP contribution in [0.25, 0.3) is 0 Å². The third-order valence-electron chi connectivity index (χ3n) is 12.6. The molecule has 80 heavy (non-hydrogen) atoms. The molecule has 0 aliphatic rings. The maximum atomic E-state index is 12.3. The van der Waals surface area contributed by atoms with Crippen LogP contribution in [0.2, 0.25) is 0 Å². The fourth-order valence-corrected chi connectivity index (χ4v) is 7.92. The van der Waals surface area contributed by atoms with Crippen LogP contribution < -0.4 is 0 Å². The predicted octanol–water partition coefficient (Wildman–Crippen LogP) is 22.2. The van der Waals surface area contributed by atoms with E-state index in [0.29, 0.717) is 12.8 Å². The van der Waals surface area contributed by atoms with Crippen molar-refractivity contribution in [2.24, 2.45) is 0 Å². The van der Waals surface area contributed by atoms with E-state index in [9.17, 15) is 14.7 Å². The van der Waals surface area contributed by atoms with Crippen molar-refractivity contribution in [3.8, 4) is 0 Å². The third-order valence-corrected chi connectivity index (χ3v) is 12.6. The first-order chi connectivity index (χ1) is 39.6. The Morgan fingerprint density at radius 1 is 0.287 bits per heavy atom. The van der Waals surface area contributed by atoms with Gasteiger partial charge in [0, 0.05) is 12.8 Å². The summed E-state index contributed by atoms with van der Waals surface area (Å²) >= 11 is 0. The van der Waals surface area contributed by atoms with E-state index in [2.05, 4.69) is 220 Å². The van der Waals surface area contributed by atoms with Gasteiger partial charge in [0.1, 0.15) is 6.61 Å². The number of esters is 2. The number of hydrogen-bond acceptors (Lipinski definition) is 5. The molecule has 0 spiro atoms. The fraction of sp³-hybridized carbons (Fsp3) is 0.520. The highest BCUT2D eigenvalue weighted by Gasteiger charge is 2.16. The first-order valence-corrected chi connectivity index (χ1v) is 31.6. The highest BCUT2D eigenvalue weighted by molar-refractivity contribution is 5.70. The number of aliphatic hydroxyl groups excluding tert-OH is 1. The van der Waals surface area contributed by atoms with E-state index in [4.69, 9.17) is 9.47 Å². The lowest BCUT2D eigenvalue weighted by molar-refractivity contribution is -0.161. The van der Waals surface area contributed by atoms with Gasteiger partial charge in [0.15, 0.2) is 6.10 Å². The molecule has 0 rings (SSSR count). The molecule has 0 saturated heterocycles. The number of rotatable bonds is 55. The Kier molecular flexibility index (Phi) is 63.1. The number of aliphatic hydroxyl groups is 1. The first-order valence-electron chi connectivity index (χ1n) is 31.6. The molecular weight excluding hydrogens is 981 g/mol. The van der Waals surface area contributed by atoms with Crippen LogP contribution in [0.1, 0.15) is 232 Å². The topological polar surface area (TPSA) is 72.8 Å². The Bertz CT molecular complexity index is 1910. The largest absolute Gasteiger partial charge is 0.462 e. The summed E-state index contributed by atoms with van der Waals surface area (Å²) in [7, 11) is 0. The Labute approximate surface area is 491 Å². The second kappa shape index (κ2) is 67.8. The second-order valence-corrected chi connectivity index (χ2v) is 20.0. The lowest BCUT2D eigenvalue weighted by Gasteiger charge is -2.15. The molecule has 444 valence electrons. The summed E-state index contributed by atoms with van der Waals surface area (Å²) in [5.41, 5.74) is 0. The molecule has 0 fully saturated rings. The van der Waals surface area contributed by atoms with Gasteiger partial charge in [-0.1, -0.05) is 278 Å². The van der Waals surface area contributed by atoms with Gasteiger partial charge >= 0.3 is 11.9 Å². The normalized spacial score (nSPS) is 13.7. The molecule has 5 nitrogen and oxygen atoms in total. The summed E-state index contributed by atoms with van der Waals surface area (Å²) in [4.78, 5) is 24.6. The minimum absolute atomic E-state index is 0.0991. The van der Waals surface area contributed by atoms with Crippen molar-refractivity contribution in [3.63, 3.8) is 0 Å². The molecule has 0 aromatic rings. The van der Waals surface area contributed by atoms with Crippen LogP contribution in [-0.2, 0) is 19.1 Å². The van der Waals surface area contributed by atoms with Crippen LogP contribution in [0.5, 0.6) is 0 Å². The Balaban J connectivity index is 3.69. The monoisotopic (exact) mass is 1090 g/mol. The van der Waals surface area contributed by atoms with Crippen LogP contribution >= 0.6 is 0 Å². The van der Waals surface area contributed by atoms with Crippen LogP contribution in [-0.4, -0.2) is 36.4 Å². The van der Waals surface area contributed by atoms with Crippen LogP contribution in [0.15, 0.2) is 207 Å². The van der Waals surface area contributed by atoms with E-state index in [1.807, 2.05) is 0 Å². The van der Waals surface area contributed by atoms with E-state index in [-0.39, 0.29) is 31.6 Å². The van der Waals surface area contributed by atoms with Crippen molar-refractivity contribution in [2.45, 2.75) is 238 Å². The van der Waals surface area contributed by atoms with E-state index in [1.165, 1.54) is 57.8 Å². The number of carbonyl (C=O) groups excluding carboxylic acids is 2. The van der Waals surface area contributed by atoms with Gasteiger partial charge in [-0.3, -0.25) is 9.59 Å². The van der Waals surface area contributed by atoms with Gasteiger partial charge in [0.2, 0.25) is 0 Å². The van der Waals surface area contributed by atoms with E-state index < -0.39 is 6.10 Å². The predicted molar refractivity (Wildman–Crippen MR) is 352 cm³/mol. The standard InChI is InChI=1S/C75H114O5/c1-3-5-7-9-11-13-15-17-19-21-23-25-27-29-31-32-33-34-35-36-37-38-39-40-41-42-44-46-48-50-52-54-56-58-60-62-64-66-68-70-75(78)80-73(71-76)72-79-74(77)69-67-65-63-61-59-57-55-53-51-49-47-45-43-30-28-26-24-22-20-18-16-14-12-10-8-6-4-2/h5-8,11-14,17-20,23-26,29-31,33-34,36-37,39-40,42-44,48,50,54,56,60,62,73,76H,3-4,9-10,15-16,21-22,27-28,32,35,38,41,45-47,49,51-53,55,57-59,61,63-72H2,1-2H3/b7-5-,8-6-,13-11-,14-12-,19-17-,20-18-,25-23-,26-24-,31-29-,34-33-,37-36-,40-39-,43-30-,44-42-,50-48-,56-54-,62-60-. The maximum absolute atomic E-state index is 12.3. The van der Waals surface area contributed by atoms with Crippen LogP contribution in [0.4, 0.5) is 0 Å². The Morgan fingerprint density at radius 3 is 0.775 bits per heavy atom. The smallest absolute Gasteiger partial charge is 0.306 e. The van der Waals surface area contributed by atoms with Crippen molar-refractivity contribution >= 4 is 11.9 Å². The average molecular weight is 1100 g/mol. The molecule has 1 atom stereocenters. The van der Waals surface area contributed by atoms with Crippen LogP contribution in [0.3, 0.4) is 0 Å². The quantitative estimate of drug-likeness (QED) is 0.0373. The lowest BCUT2D eigenvalue weighted by Crippen LogP contribution is -2.28. The highest BCUT2D eigenvalue weighted by atomic mass is 16.6. The zero-order valence-corrected chi connectivity index (χ0v) is 50.7. The number of allylic oxidation sites excluding steroid dienone is 34. The van der Waals surface area contributed by atoms with Gasteiger partial charge in [-0.05, 0) is 148 Å². The van der Waals surface area contributed by atoms with E-state index in [0.717, 1.165) is 141 Å². The summed E-state index contributed by atoms with van der Waals surface area (Å²) in [5, 5.41) is 9.67. The lowest BCUT2D eigenvalue weighted by atomic mass is 10.0. The molecule has 0 aliphatic carbocycles. The number of carbonyl (C=O) groups is 2. The van der Waals surface area contributed by atoms with Crippen molar-refractivity contribution in [3.05, 3.63) is 207 Å². The molecule has 1 unspecified atom stereocenters. The molecule has 0 aromatic heterocycles. The van der Waals surface area contributed by atoms with Gasteiger partial charge < -0.3 is 14.6 Å². The zero-order chi connectivity index (χ0) is 57.6. The van der Waals surface area contributed by atoms with Gasteiger partial charge in [0.25, 0.3) is 0 Å². The molecular formula is C75H114O5. The number of unbranched alkanes of at least 4 members (excludes halogenated alkanes) is 13. The molecule has 5 heteroatoms. The summed E-state index contributed by atoms with van der Waals surface area (Å²) < 4.78 is 10.7. The zero-order valence-electron chi connectivity index (χ0n) is 50.7. The molecule has 0 bridgehead atoms. The average Bonchev–Trinajstić information content (AvgIpc) is 3.46. The molecule has 0 heterocycles. The first kappa shape index (κ1) is 74.5. The Hall–Kier alpha value is -5.52. The molecule has 0 aliphatic heterocycles. The number of hydrogen-bond donors (Lipinski definition) is 1. The van der Waals surface area contributed by atoms with Gasteiger partial charge in [0.05, 0.1) is 6.61 Å². The molecule has 0 amide bonds. The fourth-order valence-electron chi connectivity index (χ4n) is 7.92. The van der Waals surface area contributed by atoms with Gasteiger partial charge in [-0.15, -0.1) is 0 Å². The molecule has 1 N–H and O–H groups in total. The molecule has 0 saturated carbocycles. The van der Waals surface area contributed by atoms with Gasteiger partial charge in [-0.25, -0.2) is 0 Å². The third kappa shape index (κ3) is 65.0. The summed E-state index contributed by atoms with van der Waals surface area (Å²) in [6, 6.07) is 0. The van der Waals surface area contributed by atoms with Crippen molar-refractivity contribution in [1.29, 1.82) is 0 Å². The summed E-state index contributed by atoms with van der Waals surface area (Å²) in [5.74, 6) is -0.660. The Morgan fingerprint density at radius 2 is 0.500 bits per heavy atom. The number of ether oxygens (including phenoxy) is 2. The van der Waals surface area contributed by atoms with Crippen molar-refractivity contribution in [1.82, 2.24) is 0 Å². The van der Waals surface area contributed by atoms with Crippen molar-refractivity contribution in [2.75, 3.05) is 13.2 Å². The highest BCUT2D eigenvalue weighted by Crippen LogP contribution is 2.14. The molecule has 0 radical (unpaired) electrons. The SMILES string of the molecule is CC/C=C\C/C=C\C/C=C\C/C=C\C/C=C\C/C=C\C/C=C\C/C=C\C/C=C\C/C=C\C/C=C\C/C=C\CCCCC(=O)OC(CO)COC(=O)CCCCCCCCCCCCC/C=C\C/C=C\C/C=C\C/C=C\C/C=C\CC. The van der Waals surface area contributed by atoms with Gasteiger partial charge in [-0.2, -0.15) is 0 Å². The van der Waals surface area contributed by atoms with Crippen LogP contribution in [0, 0.1) is 0 Å². The van der Waals surface area contributed by atoms with Crippen molar-refractivity contribution < 1.29 is 24.2 Å². The minimum Gasteiger partial charge on any atom is -0.462 e. The molecule has 0 aromatic carbocycles. The maximum Gasteiger partial charge on any atom is 0.306 e. The summed E-state index contributed by atoms with van der Waals surface area (Å²) in [6.45, 7) is 3.86. The minimum atomic E-state index is -0.814.